The molecule has 0 heterocycles. The number of rotatable bonds is 6. The zero-order chi connectivity index (χ0) is 13.6. The van der Waals surface area contributed by atoms with Crippen molar-refractivity contribution >= 4 is 11.8 Å². The molecule has 0 fully saturated rings. The quantitative estimate of drug-likeness (QED) is 0.774. The summed E-state index contributed by atoms with van der Waals surface area (Å²) in [5.41, 5.74) is 1.46. The maximum atomic E-state index is 9.24. The number of aliphatic hydroxyl groups is 1. The van der Waals surface area contributed by atoms with E-state index in [2.05, 4.69) is 50.4 Å². The molecule has 2 nitrogen and oxygen atoms in total. The first kappa shape index (κ1) is 15.5. The van der Waals surface area contributed by atoms with E-state index in [1.165, 1.54) is 10.5 Å². The number of hydrogen-bond acceptors (Lipinski definition) is 3. The zero-order valence-corrected chi connectivity index (χ0v) is 12.7. The van der Waals surface area contributed by atoms with Crippen LogP contribution in [0.1, 0.15) is 39.7 Å². The molecule has 0 aromatic heterocycles. The molecule has 3 heteroatoms. The molecule has 0 bridgehead atoms. The third kappa shape index (κ3) is 7.04. The van der Waals surface area contributed by atoms with Gasteiger partial charge in [0.1, 0.15) is 0 Å². The van der Waals surface area contributed by atoms with Crippen LogP contribution in [-0.4, -0.2) is 22.5 Å². The highest BCUT2D eigenvalue weighted by Gasteiger charge is 2.08. The van der Waals surface area contributed by atoms with Gasteiger partial charge in [0.05, 0.1) is 6.10 Å². The minimum absolute atomic E-state index is 0.148. The van der Waals surface area contributed by atoms with Crippen molar-refractivity contribution < 1.29 is 5.11 Å². The van der Waals surface area contributed by atoms with E-state index < -0.39 is 0 Å². The van der Waals surface area contributed by atoms with Gasteiger partial charge in [-0.15, -0.1) is 11.8 Å². The maximum Gasteiger partial charge on any atom is 0.0520 e. The molecule has 0 radical (unpaired) electrons. The van der Waals surface area contributed by atoms with Crippen LogP contribution in [0, 0.1) is 0 Å². The Labute approximate surface area is 115 Å². The van der Waals surface area contributed by atoms with Crippen molar-refractivity contribution in [2.75, 3.05) is 5.75 Å². The van der Waals surface area contributed by atoms with Crippen LogP contribution in [0.3, 0.4) is 0 Å². The first-order valence-electron chi connectivity index (χ1n) is 6.52. The molecule has 0 spiro atoms. The summed E-state index contributed by atoms with van der Waals surface area (Å²) in [7, 11) is 0. The van der Waals surface area contributed by atoms with Gasteiger partial charge in [0.15, 0.2) is 0 Å². The molecule has 0 saturated carbocycles. The van der Waals surface area contributed by atoms with Crippen molar-refractivity contribution in [3.63, 3.8) is 0 Å². The smallest absolute Gasteiger partial charge is 0.0520 e. The highest BCUT2D eigenvalue weighted by atomic mass is 32.2. The lowest BCUT2D eigenvalue weighted by molar-refractivity contribution is 0.192. The Morgan fingerprint density at radius 3 is 2.67 bits per heavy atom. The van der Waals surface area contributed by atoms with Gasteiger partial charge >= 0.3 is 0 Å². The average Bonchev–Trinajstić information content (AvgIpc) is 2.26. The molecule has 2 N–H and O–H groups in total. The van der Waals surface area contributed by atoms with Gasteiger partial charge in [0, 0.05) is 22.7 Å². The lowest BCUT2D eigenvalue weighted by Gasteiger charge is -2.20. The Bertz CT molecular complexity index is 358. The second-order valence-electron chi connectivity index (χ2n) is 5.74. The van der Waals surface area contributed by atoms with Gasteiger partial charge < -0.3 is 10.4 Å². The maximum absolute atomic E-state index is 9.24. The first-order valence-corrected chi connectivity index (χ1v) is 7.50. The fourth-order valence-electron chi connectivity index (χ4n) is 1.46. The predicted octanol–water partition coefficient (Wildman–Crippen LogP) is 3.44. The first-order chi connectivity index (χ1) is 8.37. The lowest BCUT2D eigenvalue weighted by atomic mass is 10.1. The van der Waals surface area contributed by atoms with E-state index in [0.717, 1.165) is 18.7 Å². The van der Waals surface area contributed by atoms with Crippen molar-refractivity contribution in [1.29, 1.82) is 0 Å². The van der Waals surface area contributed by atoms with Crippen LogP contribution < -0.4 is 5.32 Å². The summed E-state index contributed by atoms with van der Waals surface area (Å²) in [6, 6.07) is 8.61. The molecule has 0 amide bonds. The number of hydrogen-bond donors (Lipinski definition) is 2. The minimum Gasteiger partial charge on any atom is -0.393 e. The van der Waals surface area contributed by atoms with Crippen LogP contribution in [0.15, 0.2) is 29.2 Å². The summed E-state index contributed by atoms with van der Waals surface area (Å²) in [5.74, 6) is 0.966. The monoisotopic (exact) mass is 267 g/mol. The van der Waals surface area contributed by atoms with Crippen LogP contribution in [0.5, 0.6) is 0 Å². The van der Waals surface area contributed by atoms with E-state index >= 15 is 0 Å². The van der Waals surface area contributed by atoms with Crippen LogP contribution in [0.4, 0.5) is 0 Å². The van der Waals surface area contributed by atoms with Crippen LogP contribution in [0.25, 0.3) is 0 Å². The Hall–Kier alpha value is -0.510. The fourth-order valence-corrected chi connectivity index (χ4v) is 2.56. The zero-order valence-electron chi connectivity index (χ0n) is 11.9. The van der Waals surface area contributed by atoms with Crippen molar-refractivity contribution in [2.45, 2.75) is 57.2 Å². The number of thioether (sulfide) groups is 1. The highest BCUT2D eigenvalue weighted by Crippen LogP contribution is 2.20. The molecule has 18 heavy (non-hydrogen) atoms. The molecule has 0 saturated heterocycles. The average molecular weight is 267 g/mol. The molecule has 0 aliphatic heterocycles. The molecule has 1 unspecified atom stereocenters. The van der Waals surface area contributed by atoms with E-state index in [4.69, 9.17) is 0 Å². The van der Waals surface area contributed by atoms with Crippen molar-refractivity contribution in [3.05, 3.63) is 29.8 Å². The minimum atomic E-state index is -0.205. The van der Waals surface area contributed by atoms with Crippen molar-refractivity contribution in [2.24, 2.45) is 0 Å². The van der Waals surface area contributed by atoms with E-state index in [1.807, 2.05) is 18.7 Å². The molecule has 1 aromatic rings. The largest absolute Gasteiger partial charge is 0.393 e. The molecule has 1 atom stereocenters. The molecule has 1 aromatic carbocycles. The summed E-state index contributed by atoms with van der Waals surface area (Å²) in [5, 5.41) is 12.7. The Kier molecular flexibility index (Phi) is 6.19. The standard InChI is InChI=1S/C15H25NOS/c1-12(17)8-9-18-14-7-5-6-13(10-14)11-16-15(2,3)4/h5-7,10,12,16-17H,8-9,11H2,1-4H3. The predicted molar refractivity (Wildman–Crippen MR) is 80.1 cm³/mol. The molecule has 102 valence electrons. The molecule has 0 aliphatic rings. The Morgan fingerprint density at radius 2 is 2.06 bits per heavy atom. The second-order valence-corrected chi connectivity index (χ2v) is 6.91. The number of benzene rings is 1. The Balaban J connectivity index is 2.46. The van der Waals surface area contributed by atoms with Gasteiger partial charge in [-0.1, -0.05) is 12.1 Å². The van der Waals surface area contributed by atoms with Gasteiger partial charge in [-0.2, -0.15) is 0 Å². The van der Waals surface area contributed by atoms with Gasteiger partial charge in [0.25, 0.3) is 0 Å². The van der Waals surface area contributed by atoms with E-state index in [1.54, 1.807) is 0 Å². The van der Waals surface area contributed by atoms with E-state index in [-0.39, 0.29) is 11.6 Å². The number of aliphatic hydroxyl groups excluding tert-OH is 1. The SMILES string of the molecule is CC(O)CCSc1cccc(CNC(C)(C)C)c1. The van der Waals surface area contributed by atoms with E-state index in [9.17, 15) is 5.11 Å². The summed E-state index contributed by atoms with van der Waals surface area (Å²) >= 11 is 1.81. The second kappa shape index (κ2) is 7.17. The van der Waals surface area contributed by atoms with Crippen LogP contribution in [-0.2, 0) is 6.54 Å². The summed E-state index contributed by atoms with van der Waals surface area (Å²) in [6.45, 7) is 9.26. The highest BCUT2D eigenvalue weighted by molar-refractivity contribution is 7.99. The molecular weight excluding hydrogens is 242 g/mol. The topological polar surface area (TPSA) is 32.3 Å². The molecule has 0 aliphatic carbocycles. The summed E-state index contributed by atoms with van der Waals surface area (Å²) in [4.78, 5) is 1.28. The van der Waals surface area contributed by atoms with Gasteiger partial charge in [-0.05, 0) is 51.8 Å². The van der Waals surface area contributed by atoms with Gasteiger partial charge in [-0.25, -0.2) is 0 Å². The normalized spacial score (nSPS) is 13.6. The van der Waals surface area contributed by atoms with Crippen molar-refractivity contribution in [3.8, 4) is 0 Å². The summed E-state index contributed by atoms with van der Waals surface area (Å²) in [6.07, 6.45) is 0.637. The fraction of sp³-hybridized carbons (Fsp3) is 0.600. The van der Waals surface area contributed by atoms with Crippen LogP contribution >= 0.6 is 11.8 Å². The van der Waals surface area contributed by atoms with E-state index in [0.29, 0.717) is 0 Å². The van der Waals surface area contributed by atoms with Gasteiger partial charge in [-0.3, -0.25) is 0 Å². The third-order valence-electron chi connectivity index (χ3n) is 2.53. The molecule has 1 rings (SSSR count). The number of nitrogens with one attached hydrogen (secondary N) is 1. The third-order valence-corrected chi connectivity index (χ3v) is 3.55. The van der Waals surface area contributed by atoms with Crippen molar-refractivity contribution in [1.82, 2.24) is 5.32 Å². The van der Waals surface area contributed by atoms with Crippen LogP contribution in [0.2, 0.25) is 0 Å². The van der Waals surface area contributed by atoms with Gasteiger partial charge in [0.2, 0.25) is 0 Å². The summed E-state index contributed by atoms with van der Waals surface area (Å²) < 4.78 is 0. The lowest BCUT2D eigenvalue weighted by Crippen LogP contribution is -2.35. The molecular formula is C15H25NOS. The Morgan fingerprint density at radius 1 is 1.33 bits per heavy atom.